The van der Waals surface area contributed by atoms with Gasteiger partial charge in [0.2, 0.25) is 0 Å². The molecule has 0 saturated heterocycles. The van der Waals surface area contributed by atoms with Crippen LogP contribution >= 0.6 is 24.0 Å². The van der Waals surface area contributed by atoms with Crippen LogP contribution in [0.2, 0.25) is 0 Å². The number of rotatable bonds is 8. The van der Waals surface area contributed by atoms with E-state index in [4.69, 9.17) is 5.73 Å². The van der Waals surface area contributed by atoms with Crippen molar-refractivity contribution < 1.29 is 0 Å². The van der Waals surface area contributed by atoms with Crippen molar-refractivity contribution in [2.75, 3.05) is 19.6 Å². The van der Waals surface area contributed by atoms with E-state index >= 15 is 0 Å². The lowest BCUT2D eigenvalue weighted by Crippen LogP contribution is -2.31. The molecule has 0 aliphatic rings. The van der Waals surface area contributed by atoms with Crippen LogP contribution in [-0.4, -0.2) is 30.5 Å². The maximum absolute atomic E-state index is 5.79. The van der Waals surface area contributed by atoms with Crippen LogP contribution in [0.4, 0.5) is 0 Å². The summed E-state index contributed by atoms with van der Waals surface area (Å²) in [5.41, 5.74) is 8.33. The molecule has 1 rings (SSSR count). The highest BCUT2D eigenvalue weighted by molar-refractivity contribution is 14.0. The van der Waals surface area contributed by atoms with Crippen molar-refractivity contribution in [3.63, 3.8) is 0 Å². The number of nitrogens with zero attached hydrogens (tertiary/aromatic N) is 2. The Labute approximate surface area is 145 Å². The minimum atomic E-state index is 0. The lowest BCUT2D eigenvalue weighted by atomic mass is 10.1. The number of hydrogen-bond donors (Lipinski definition) is 2. The van der Waals surface area contributed by atoms with Gasteiger partial charge in [0.1, 0.15) is 0 Å². The summed E-state index contributed by atoms with van der Waals surface area (Å²) < 4.78 is 0. The molecule has 0 fully saturated rings. The maximum Gasteiger partial charge on any atom is 0.189 e. The molecule has 21 heavy (non-hydrogen) atoms. The van der Waals surface area contributed by atoms with Crippen molar-refractivity contribution in [2.45, 2.75) is 26.9 Å². The first kappa shape index (κ1) is 19.9. The molecule has 0 aromatic heterocycles. The Hall–Kier alpha value is -1.08. The van der Waals surface area contributed by atoms with E-state index in [1.807, 2.05) is 6.07 Å². The molecule has 0 unspecified atom stereocenters. The van der Waals surface area contributed by atoms with Crippen molar-refractivity contribution >= 4 is 29.9 Å². The molecule has 0 aliphatic heterocycles. The van der Waals surface area contributed by atoms with Crippen molar-refractivity contribution in [1.82, 2.24) is 10.2 Å². The third-order valence-electron chi connectivity index (χ3n) is 3.25. The molecule has 3 N–H and O–H groups in total. The van der Waals surface area contributed by atoms with Crippen LogP contribution in [0.3, 0.4) is 0 Å². The smallest absolute Gasteiger partial charge is 0.189 e. The van der Waals surface area contributed by atoms with Crippen molar-refractivity contribution in [2.24, 2.45) is 10.7 Å². The lowest BCUT2D eigenvalue weighted by Gasteiger charge is -2.19. The summed E-state index contributed by atoms with van der Waals surface area (Å²) in [4.78, 5) is 6.76. The normalized spacial score (nSPS) is 11.1. The minimum Gasteiger partial charge on any atom is -0.370 e. The first-order valence-electron chi connectivity index (χ1n) is 7.15. The van der Waals surface area contributed by atoms with E-state index < -0.39 is 0 Å². The predicted octanol–water partition coefficient (Wildman–Crippen LogP) is 2.74. The Kier molecular flexibility index (Phi) is 11.0. The number of halogens is 1. The molecule has 1 aromatic carbocycles. The van der Waals surface area contributed by atoms with Crippen molar-refractivity contribution in [1.29, 1.82) is 0 Å². The van der Waals surface area contributed by atoms with Gasteiger partial charge in [0.05, 0.1) is 6.54 Å². The molecule has 0 heterocycles. The van der Waals surface area contributed by atoms with Crippen molar-refractivity contribution in [3.05, 3.63) is 48.0 Å². The van der Waals surface area contributed by atoms with Crippen LogP contribution in [-0.2, 0) is 13.1 Å². The summed E-state index contributed by atoms with van der Waals surface area (Å²) >= 11 is 0. The fourth-order valence-corrected chi connectivity index (χ4v) is 1.96. The monoisotopic (exact) mass is 402 g/mol. The van der Waals surface area contributed by atoms with Crippen LogP contribution < -0.4 is 11.1 Å². The van der Waals surface area contributed by atoms with Gasteiger partial charge in [-0.1, -0.05) is 44.2 Å². The molecule has 0 amide bonds. The van der Waals surface area contributed by atoms with E-state index in [1.54, 1.807) is 6.08 Å². The summed E-state index contributed by atoms with van der Waals surface area (Å²) in [6, 6.07) is 8.40. The van der Waals surface area contributed by atoms with Crippen LogP contribution in [0.5, 0.6) is 0 Å². The van der Waals surface area contributed by atoms with Gasteiger partial charge in [-0.15, -0.1) is 30.6 Å². The lowest BCUT2D eigenvalue weighted by molar-refractivity contribution is 0.295. The predicted molar refractivity (Wildman–Crippen MR) is 102 cm³/mol. The number of benzene rings is 1. The maximum atomic E-state index is 5.79. The second-order valence-corrected chi connectivity index (χ2v) is 4.60. The fraction of sp³-hybridized carbons (Fsp3) is 0.438. The van der Waals surface area contributed by atoms with Gasteiger partial charge in [0, 0.05) is 13.1 Å². The molecule has 0 aliphatic carbocycles. The Morgan fingerprint density at radius 1 is 1.29 bits per heavy atom. The number of guanidine groups is 1. The second-order valence-electron chi connectivity index (χ2n) is 4.60. The summed E-state index contributed by atoms with van der Waals surface area (Å²) in [6.07, 6.45) is 1.76. The quantitative estimate of drug-likeness (QED) is 0.304. The molecule has 0 atom stereocenters. The van der Waals surface area contributed by atoms with Gasteiger partial charge in [-0.25, -0.2) is 4.99 Å². The van der Waals surface area contributed by atoms with Crippen LogP contribution in [0, 0.1) is 0 Å². The zero-order valence-corrected chi connectivity index (χ0v) is 15.3. The average Bonchev–Trinajstić information content (AvgIpc) is 2.49. The van der Waals surface area contributed by atoms with Gasteiger partial charge in [-0.2, -0.15) is 0 Å². The zero-order valence-electron chi connectivity index (χ0n) is 13.0. The summed E-state index contributed by atoms with van der Waals surface area (Å²) in [6.45, 7) is 12.3. The molecule has 0 spiro atoms. The van der Waals surface area contributed by atoms with E-state index in [-0.39, 0.29) is 24.0 Å². The second kappa shape index (κ2) is 11.6. The molecule has 0 bridgehead atoms. The zero-order chi connectivity index (χ0) is 14.8. The summed E-state index contributed by atoms with van der Waals surface area (Å²) in [7, 11) is 0. The molecular weight excluding hydrogens is 375 g/mol. The summed E-state index contributed by atoms with van der Waals surface area (Å²) in [5.74, 6) is 0.461. The Bertz CT molecular complexity index is 442. The molecule has 118 valence electrons. The highest BCUT2D eigenvalue weighted by Crippen LogP contribution is 2.12. The Morgan fingerprint density at radius 3 is 2.48 bits per heavy atom. The van der Waals surface area contributed by atoms with E-state index in [9.17, 15) is 0 Å². The number of hydrogen-bond acceptors (Lipinski definition) is 2. The van der Waals surface area contributed by atoms with Gasteiger partial charge in [0.25, 0.3) is 0 Å². The van der Waals surface area contributed by atoms with Gasteiger partial charge < -0.3 is 11.1 Å². The molecule has 5 heteroatoms. The SMILES string of the molecule is C=CCNC(N)=NCc1ccccc1CN(CC)CC.I. The Morgan fingerprint density at radius 2 is 1.90 bits per heavy atom. The molecule has 4 nitrogen and oxygen atoms in total. The number of nitrogens with one attached hydrogen (secondary N) is 1. The standard InChI is InChI=1S/C16H26N4.HI/c1-4-11-18-16(17)19-12-14-9-7-8-10-15(14)13-20(5-2)6-3;/h4,7-10H,1,5-6,11-13H2,2-3H3,(H3,17,18,19);1H. The topological polar surface area (TPSA) is 53.6 Å². The van der Waals surface area contributed by atoms with Gasteiger partial charge in [-0.05, 0) is 24.2 Å². The number of aliphatic imine (C=N–C) groups is 1. The van der Waals surface area contributed by atoms with E-state index in [0.29, 0.717) is 19.0 Å². The third-order valence-corrected chi connectivity index (χ3v) is 3.25. The molecular formula is C16H27IN4. The van der Waals surface area contributed by atoms with E-state index in [0.717, 1.165) is 19.6 Å². The van der Waals surface area contributed by atoms with E-state index in [2.05, 4.69) is 53.8 Å². The molecule has 0 saturated carbocycles. The largest absolute Gasteiger partial charge is 0.370 e. The van der Waals surface area contributed by atoms with Gasteiger partial charge in [-0.3, -0.25) is 4.90 Å². The fourth-order valence-electron chi connectivity index (χ4n) is 1.96. The third kappa shape index (κ3) is 7.47. The van der Waals surface area contributed by atoms with Crippen molar-refractivity contribution in [3.8, 4) is 0 Å². The first-order chi connectivity index (χ1) is 9.71. The average molecular weight is 402 g/mol. The first-order valence-corrected chi connectivity index (χ1v) is 7.15. The molecule has 1 aromatic rings. The van der Waals surface area contributed by atoms with E-state index in [1.165, 1.54) is 11.1 Å². The molecule has 0 radical (unpaired) electrons. The van der Waals surface area contributed by atoms with Gasteiger partial charge in [0.15, 0.2) is 5.96 Å². The van der Waals surface area contributed by atoms with Crippen LogP contribution in [0.1, 0.15) is 25.0 Å². The van der Waals surface area contributed by atoms with Gasteiger partial charge >= 0.3 is 0 Å². The minimum absolute atomic E-state index is 0. The van der Waals surface area contributed by atoms with Crippen LogP contribution in [0.15, 0.2) is 41.9 Å². The highest BCUT2D eigenvalue weighted by atomic mass is 127. The Balaban J connectivity index is 0.00000400. The summed E-state index contributed by atoms with van der Waals surface area (Å²) in [5, 5.41) is 2.98. The number of nitrogens with two attached hydrogens (primary N) is 1. The highest BCUT2D eigenvalue weighted by Gasteiger charge is 2.05. The van der Waals surface area contributed by atoms with Crippen LogP contribution in [0.25, 0.3) is 0 Å².